The first kappa shape index (κ1) is 12.6. The highest BCUT2D eigenvalue weighted by molar-refractivity contribution is 7.94. The van der Waals surface area contributed by atoms with Crippen LogP contribution < -0.4 is 10.5 Å². The molecule has 0 radical (unpaired) electrons. The van der Waals surface area contributed by atoms with Crippen molar-refractivity contribution < 1.29 is 13.2 Å². The standard InChI is InChI=1S/C11H15NO3S/c1-10(12)9-16(13,14)8-7-15-11-5-3-2-4-6-11/h2-6,9H,7-8,12H2,1H3. The zero-order valence-electron chi connectivity index (χ0n) is 9.09. The van der Waals surface area contributed by atoms with Crippen molar-refractivity contribution in [3.8, 4) is 5.75 Å². The SMILES string of the molecule is CC(N)=CS(=O)(=O)CCOc1ccccc1. The fourth-order valence-electron chi connectivity index (χ4n) is 1.13. The minimum atomic E-state index is -3.26. The molecule has 0 aliphatic carbocycles. The van der Waals surface area contributed by atoms with E-state index in [2.05, 4.69) is 0 Å². The van der Waals surface area contributed by atoms with Crippen LogP contribution in [0.1, 0.15) is 6.92 Å². The Morgan fingerprint density at radius 2 is 2.00 bits per heavy atom. The molecule has 1 aromatic carbocycles. The van der Waals surface area contributed by atoms with Crippen LogP contribution >= 0.6 is 0 Å². The van der Waals surface area contributed by atoms with Crippen molar-refractivity contribution in [2.45, 2.75) is 6.92 Å². The fraction of sp³-hybridized carbons (Fsp3) is 0.273. The number of allylic oxidation sites excluding steroid dienone is 1. The van der Waals surface area contributed by atoms with E-state index >= 15 is 0 Å². The highest BCUT2D eigenvalue weighted by Gasteiger charge is 2.07. The number of rotatable bonds is 5. The summed E-state index contributed by atoms with van der Waals surface area (Å²) in [5.41, 5.74) is 5.58. The van der Waals surface area contributed by atoms with Crippen molar-refractivity contribution in [2.24, 2.45) is 5.73 Å². The molecular weight excluding hydrogens is 226 g/mol. The number of nitrogens with two attached hydrogens (primary N) is 1. The smallest absolute Gasteiger partial charge is 0.176 e. The Balaban J connectivity index is 2.45. The van der Waals surface area contributed by atoms with E-state index in [9.17, 15) is 8.42 Å². The zero-order valence-corrected chi connectivity index (χ0v) is 9.91. The summed E-state index contributed by atoms with van der Waals surface area (Å²) in [6, 6.07) is 9.07. The lowest BCUT2D eigenvalue weighted by Crippen LogP contribution is -2.13. The van der Waals surface area contributed by atoms with Crippen molar-refractivity contribution in [2.75, 3.05) is 12.4 Å². The summed E-state index contributed by atoms with van der Waals surface area (Å²) in [6.07, 6.45) is 0. The predicted octanol–water partition coefficient (Wildman–Crippen LogP) is 1.30. The molecule has 0 bridgehead atoms. The minimum absolute atomic E-state index is 0.0730. The van der Waals surface area contributed by atoms with Crippen LogP contribution in [0.5, 0.6) is 5.75 Å². The van der Waals surface area contributed by atoms with Crippen molar-refractivity contribution in [1.82, 2.24) is 0 Å². The summed E-state index contributed by atoms with van der Waals surface area (Å²) in [5, 5.41) is 1.06. The summed E-state index contributed by atoms with van der Waals surface area (Å²) in [5.74, 6) is 0.585. The maximum Gasteiger partial charge on any atom is 0.176 e. The van der Waals surface area contributed by atoms with E-state index in [0.717, 1.165) is 5.41 Å². The van der Waals surface area contributed by atoms with Gasteiger partial charge in [-0.05, 0) is 19.1 Å². The van der Waals surface area contributed by atoms with E-state index in [0.29, 0.717) is 5.75 Å². The van der Waals surface area contributed by atoms with Gasteiger partial charge < -0.3 is 10.5 Å². The van der Waals surface area contributed by atoms with Crippen molar-refractivity contribution in [1.29, 1.82) is 0 Å². The third-order valence-corrected chi connectivity index (χ3v) is 3.21. The lowest BCUT2D eigenvalue weighted by Gasteiger charge is -2.04. The van der Waals surface area contributed by atoms with Crippen LogP contribution in [0.3, 0.4) is 0 Å². The zero-order chi connectivity index (χ0) is 12.0. The maximum atomic E-state index is 11.4. The Kier molecular flexibility index (Phi) is 4.37. The number of para-hydroxylation sites is 1. The van der Waals surface area contributed by atoms with Crippen molar-refractivity contribution >= 4 is 9.84 Å². The Morgan fingerprint density at radius 3 is 2.56 bits per heavy atom. The van der Waals surface area contributed by atoms with E-state index in [-0.39, 0.29) is 18.1 Å². The number of ether oxygens (including phenoxy) is 1. The van der Waals surface area contributed by atoms with E-state index in [1.807, 2.05) is 18.2 Å². The van der Waals surface area contributed by atoms with Gasteiger partial charge in [0.2, 0.25) is 0 Å². The average molecular weight is 241 g/mol. The van der Waals surface area contributed by atoms with E-state index in [4.69, 9.17) is 10.5 Å². The molecule has 0 spiro atoms. The van der Waals surface area contributed by atoms with Gasteiger partial charge in [-0.25, -0.2) is 8.42 Å². The predicted molar refractivity (Wildman–Crippen MR) is 63.7 cm³/mol. The molecule has 0 fully saturated rings. The third kappa shape index (κ3) is 4.84. The molecule has 0 saturated heterocycles. The van der Waals surface area contributed by atoms with Gasteiger partial charge in [-0.15, -0.1) is 0 Å². The first-order valence-electron chi connectivity index (χ1n) is 4.84. The van der Waals surface area contributed by atoms with Gasteiger partial charge in [-0.2, -0.15) is 0 Å². The second-order valence-electron chi connectivity index (χ2n) is 3.39. The van der Waals surface area contributed by atoms with Crippen molar-refractivity contribution in [3.63, 3.8) is 0 Å². The summed E-state index contributed by atoms with van der Waals surface area (Å²) in [4.78, 5) is 0. The number of benzene rings is 1. The van der Waals surface area contributed by atoms with Crippen LogP contribution in [0.2, 0.25) is 0 Å². The molecule has 1 rings (SSSR count). The summed E-state index contributed by atoms with van der Waals surface area (Å²) < 4.78 is 28.1. The van der Waals surface area contributed by atoms with E-state index < -0.39 is 9.84 Å². The molecular formula is C11H15NO3S. The van der Waals surface area contributed by atoms with Crippen LogP contribution in [-0.4, -0.2) is 20.8 Å². The number of hydrogen-bond donors (Lipinski definition) is 1. The Hall–Kier alpha value is -1.49. The molecule has 5 heteroatoms. The van der Waals surface area contributed by atoms with Gasteiger partial charge in [-0.1, -0.05) is 18.2 Å². The molecule has 0 atom stereocenters. The molecule has 0 aliphatic heterocycles. The molecule has 0 heterocycles. The average Bonchev–Trinajstić information content (AvgIpc) is 2.16. The van der Waals surface area contributed by atoms with Gasteiger partial charge in [0.25, 0.3) is 0 Å². The topological polar surface area (TPSA) is 69.4 Å². The lowest BCUT2D eigenvalue weighted by atomic mass is 10.3. The molecule has 0 aliphatic rings. The van der Waals surface area contributed by atoms with Gasteiger partial charge in [0.05, 0.1) is 5.75 Å². The monoisotopic (exact) mass is 241 g/mol. The van der Waals surface area contributed by atoms with Crippen molar-refractivity contribution in [3.05, 3.63) is 41.4 Å². The first-order valence-corrected chi connectivity index (χ1v) is 6.55. The number of hydrogen-bond acceptors (Lipinski definition) is 4. The summed E-state index contributed by atoms with van der Waals surface area (Å²) in [6.45, 7) is 1.66. The fourth-order valence-corrected chi connectivity index (χ4v) is 2.13. The second kappa shape index (κ2) is 5.55. The molecule has 88 valence electrons. The van der Waals surface area contributed by atoms with Gasteiger partial charge in [0.15, 0.2) is 9.84 Å². The molecule has 1 aromatic rings. The maximum absolute atomic E-state index is 11.4. The Morgan fingerprint density at radius 1 is 1.38 bits per heavy atom. The van der Waals surface area contributed by atoms with Crippen LogP contribution in [-0.2, 0) is 9.84 Å². The van der Waals surface area contributed by atoms with Gasteiger partial charge in [0, 0.05) is 11.1 Å². The highest BCUT2D eigenvalue weighted by atomic mass is 32.2. The largest absolute Gasteiger partial charge is 0.493 e. The molecule has 0 saturated carbocycles. The molecule has 0 unspecified atom stereocenters. The van der Waals surface area contributed by atoms with E-state index in [1.54, 1.807) is 12.1 Å². The van der Waals surface area contributed by atoms with Crippen LogP contribution in [0.15, 0.2) is 41.4 Å². The van der Waals surface area contributed by atoms with E-state index in [1.165, 1.54) is 6.92 Å². The molecule has 0 amide bonds. The van der Waals surface area contributed by atoms with Crippen LogP contribution in [0.25, 0.3) is 0 Å². The number of sulfone groups is 1. The molecule has 2 N–H and O–H groups in total. The minimum Gasteiger partial charge on any atom is -0.493 e. The normalized spacial score (nSPS) is 12.4. The first-order chi connectivity index (χ1) is 7.49. The van der Waals surface area contributed by atoms with Gasteiger partial charge >= 0.3 is 0 Å². The Bertz CT molecular complexity index is 447. The highest BCUT2D eigenvalue weighted by Crippen LogP contribution is 2.08. The summed E-state index contributed by atoms with van der Waals surface area (Å²) in [7, 11) is -3.26. The quantitative estimate of drug-likeness (QED) is 0.843. The third-order valence-electron chi connectivity index (χ3n) is 1.75. The van der Waals surface area contributed by atoms with Crippen LogP contribution in [0, 0.1) is 0 Å². The van der Waals surface area contributed by atoms with Crippen LogP contribution in [0.4, 0.5) is 0 Å². The van der Waals surface area contributed by atoms with Gasteiger partial charge in [0.1, 0.15) is 12.4 Å². The molecule has 16 heavy (non-hydrogen) atoms. The molecule has 0 aromatic heterocycles. The molecule has 4 nitrogen and oxygen atoms in total. The lowest BCUT2D eigenvalue weighted by molar-refractivity contribution is 0.341. The summed E-state index contributed by atoms with van der Waals surface area (Å²) >= 11 is 0. The van der Waals surface area contributed by atoms with Gasteiger partial charge in [-0.3, -0.25) is 0 Å². The Labute approximate surface area is 95.6 Å². The second-order valence-corrected chi connectivity index (χ2v) is 5.36.